The van der Waals surface area contributed by atoms with Gasteiger partial charge in [-0.3, -0.25) is 0 Å². The van der Waals surface area contributed by atoms with Gasteiger partial charge in [-0.1, -0.05) is 17.2 Å². The van der Waals surface area contributed by atoms with E-state index in [1.165, 1.54) is 11.6 Å². The summed E-state index contributed by atoms with van der Waals surface area (Å²) in [5.74, 6) is -0.860. The van der Waals surface area contributed by atoms with E-state index in [0.717, 1.165) is 31.3 Å². The minimum Gasteiger partial charge on any atom is -0.478 e. The van der Waals surface area contributed by atoms with Gasteiger partial charge in [0.25, 0.3) is 0 Å². The maximum atomic E-state index is 10.4. The molecule has 0 aromatic carbocycles. The summed E-state index contributed by atoms with van der Waals surface area (Å²) >= 11 is 0. The van der Waals surface area contributed by atoms with Crippen LogP contribution in [0.2, 0.25) is 0 Å². The van der Waals surface area contributed by atoms with Crippen molar-refractivity contribution in [2.75, 3.05) is 0 Å². The van der Waals surface area contributed by atoms with Crippen molar-refractivity contribution in [2.45, 2.75) is 65.1 Å². The van der Waals surface area contributed by atoms with Gasteiger partial charge in [0.05, 0.1) is 11.7 Å². The normalized spacial score (nSPS) is 23.0. The first-order chi connectivity index (χ1) is 8.31. The summed E-state index contributed by atoms with van der Waals surface area (Å²) in [7, 11) is 0. The van der Waals surface area contributed by atoms with Crippen LogP contribution in [0.25, 0.3) is 0 Å². The van der Waals surface area contributed by atoms with Crippen LogP contribution < -0.4 is 0 Å². The maximum absolute atomic E-state index is 10.4. The predicted octanol–water partition coefficient (Wildman–Crippen LogP) is 3.70. The molecule has 0 saturated carbocycles. The van der Waals surface area contributed by atoms with Crippen LogP contribution in [0.4, 0.5) is 0 Å². The van der Waals surface area contributed by atoms with Crippen LogP contribution in [0.1, 0.15) is 53.4 Å². The monoisotopic (exact) mass is 252 g/mol. The van der Waals surface area contributed by atoms with Crippen LogP contribution in [0.15, 0.2) is 23.3 Å². The lowest BCUT2D eigenvalue weighted by Gasteiger charge is -2.01. The van der Waals surface area contributed by atoms with Crippen molar-refractivity contribution in [3.05, 3.63) is 23.3 Å². The molecule has 0 unspecified atom stereocenters. The van der Waals surface area contributed by atoms with Crippen molar-refractivity contribution < 1.29 is 14.6 Å². The molecular weight excluding hydrogens is 228 g/mol. The quantitative estimate of drug-likeness (QED) is 0.427. The van der Waals surface area contributed by atoms with E-state index in [1.54, 1.807) is 0 Å². The molecule has 0 spiro atoms. The summed E-state index contributed by atoms with van der Waals surface area (Å²) < 4.78 is 5.54. The minimum absolute atomic E-state index is 0.0844. The second kappa shape index (κ2) is 6.19. The van der Waals surface area contributed by atoms with Gasteiger partial charge >= 0.3 is 5.97 Å². The second-order valence-electron chi connectivity index (χ2n) is 5.67. The van der Waals surface area contributed by atoms with Gasteiger partial charge in [-0.05, 0) is 53.4 Å². The molecule has 1 N–H and O–H groups in total. The van der Waals surface area contributed by atoms with E-state index >= 15 is 0 Å². The number of hydrogen-bond donors (Lipinski definition) is 1. The third-order valence-electron chi connectivity index (χ3n) is 3.37. The second-order valence-corrected chi connectivity index (χ2v) is 5.67. The number of ether oxygens (including phenoxy) is 1. The Kier molecular flexibility index (Phi) is 5.15. The van der Waals surface area contributed by atoms with Crippen LogP contribution >= 0.6 is 0 Å². The summed E-state index contributed by atoms with van der Waals surface area (Å²) in [6, 6.07) is 0. The Morgan fingerprint density at radius 3 is 2.39 bits per heavy atom. The fourth-order valence-corrected chi connectivity index (χ4v) is 2.03. The van der Waals surface area contributed by atoms with Crippen LogP contribution in [-0.2, 0) is 9.53 Å². The van der Waals surface area contributed by atoms with Gasteiger partial charge in [-0.15, -0.1) is 0 Å². The van der Waals surface area contributed by atoms with Gasteiger partial charge in [0.1, 0.15) is 0 Å². The summed E-state index contributed by atoms with van der Waals surface area (Å²) in [6.07, 6.45) is 7.77. The topological polar surface area (TPSA) is 49.8 Å². The van der Waals surface area contributed by atoms with Crippen molar-refractivity contribution in [1.29, 1.82) is 0 Å². The first kappa shape index (κ1) is 15.0. The first-order valence-electron chi connectivity index (χ1n) is 6.55. The number of rotatable bonds is 7. The van der Waals surface area contributed by atoms with Gasteiger partial charge < -0.3 is 9.84 Å². The standard InChI is InChI=1S/C15H24O3/c1-11(8-9-13-15(3,4)18-13)6-5-7-12(2)10-14(16)17/h6,10,13H,5,7-9H2,1-4H3,(H,16,17)/t13-/m1/s1. The Balaban J connectivity index is 2.20. The molecule has 18 heavy (non-hydrogen) atoms. The van der Waals surface area contributed by atoms with Crippen molar-refractivity contribution in [3.8, 4) is 0 Å². The van der Waals surface area contributed by atoms with Gasteiger partial charge in [0.2, 0.25) is 0 Å². The molecule has 0 bridgehead atoms. The van der Waals surface area contributed by atoms with Crippen LogP contribution in [-0.4, -0.2) is 22.8 Å². The highest BCUT2D eigenvalue weighted by atomic mass is 16.6. The number of epoxide rings is 1. The molecule has 1 heterocycles. The van der Waals surface area contributed by atoms with E-state index in [0.29, 0.717) is 6.10 Å². The van der Waals surface area contributed by atoms with Gasteiger partial charge in [-0.2, -0.15) is 0 Å². The maximum Gasteiger partial charge on any atom is 0.328 e. The summed E-state index contributed by atoms with van der Waals surface area (Å²) in [4.78, 5) is 10.4. The van der Waals surface area contributed by atoms with Crippen LogP contribution in [0.3, 0.4) is 0 Å². The molecule has 1 saturated heterocycles. The Morgan fingerprint density at radius 2 is 1.89 bits per heavy atom. The molecule has 102 valence electrons. The molecule has 0 radical (unpaired) electrons. The lowest BCUT2D eigenvalue weighted by molar-refractivity contribution is -0.131. The molecule has 0 aliphatic carbocycles. The number of carbonyl (C=O) groups is 1. The highest BCUT2D eigenvalue weighted by molar-refractivity contribution is 5.80. The Morgan fingerprint density at radius 1 is 1.28 bits per heavy atom. The fraction of sp³-hybridized carbons (Fsp3) is 0.667. The highest BCUT2D eigenvalue weighted by Crippen LogP contribution is 2.38. The third kappa shape index (κ3) is 5.50. The lowest BCUT2D eigenvalue weighted by Crippen LogP contribution is -2.02. The van der Waals surface area contributed by atoms with E-state index in [4.69, 9.17) is 9.84 Å². The zero-order valence-corrected chi connectivity index (χ0v) is 11.8. The Bertz CT molecular complexity index is 364. The smallest absolute Gasteiger partial charge is 0.328 e. The average Bonchev–Trinajstić information content (AvgIpc) is 2.82. The van der Waals surface area contributed by atoms with Crippen LogP contribution in [0, 0.1) is 0 Å². The number of aliphatic carboxylic acids is 1. The number of hydrogen-bond acceptors (Lipinski definition) is 2. The number of allylic oxidation sites excluding steroid dienone is 3. The highest BCUT2D eigenvalue weighted by Gasteiger charge is 2.46. The first-order valence-corrected chi connectivity index (χ1v) is 6.55. The zero-order chi connectivity index (χ0) is 13.8. The molecule has 1 rings (SSSR count). The molecule has 1 fully saturated rings. The minimum atomic E-state index is -0.860. The molecule has 0 aromatic rings. The molecule has 3 heteroatoms. The summed E-state index contributed by atoms with van der Waals surface area (Å²) in [5, 5.41) is 8.59. The predicted molar refractivity (Wildman–Crippen MR) is 72.6 cm³/mol. The molecule has 0 aromatic heterocycles. The molecule has 1 aliphatic rings. The van der Waals surface area contributed by atoms with Gasteiger partial charge in [-0.25, -0.2) is 4.79 Å². The molecule has 0 amide bonds. The van der Waals surface area contributed by atoms with Gasteiger partial charge in [0.15, 0.2) is 0 Å². The van der Waals surface area contributed by atoms with Crippen molar-refractivity contribution in [3.63, 3.8) is 0 Å². The van der Waals surface area contributed by atoms with E-state index in [-0.39, 0.29) is 5.60 Å². The molecule has 1 atom stereocenters. The zero-order valence-electron chi connectivity index (χ0n) is 11.8. The molecule has 3 nitrogen and oxygen atoms in total. The van der Waals surface area contributed by atoms with Gasteiger partial charge in [0, 0.05) is 6.08 Å². The van der Waals surface area contributed by atoms with E-state index < -0.39 is 5.97 Å². The van der Waals surface area contributed by atoms with Crippen molar-refractivity contribution >= 4 is 5.97 Å². The molecular formula is C15H24O3. The third-order valence-corrected chi connectivity index (χ3v) is 3.37. The van der Waals surface area contributed by atoms with Crippen molar-refractivity contribution in [1.82, 2.24) is 0 Å². The fourth-order valence-electron chi connectivity index (χ4n) is 2.03. The largest absolute Gasteiger partial charge is 0.478 e. The number of carboxylic acids is 1. The average molecular weight is 252 g/mol. The van der Waals surface area contributed by atoms with E-state index in [2.05, 4.69) is 26.8 Å². The van der Waals surface area contributed by atoms with E-state index in [9.17, 15) is 4.79 Å². The number of carboxylic acid groups (broad SMARTS) is 1. The Labute approximate surface area is 110 Å². The molecule has 1 aliphatic heterocycles. The van der Waals surface area contributed by atoms with Crippen molar-refractivity contribution in [2.24, 2.45) is 0 Å². The van der Waals surface area contributed by atoms with E-state index in [1.807, 2.05) is 6.92 Å². The summed E-state index contributed by atoms with van der Waals surface area (Å²) in [6.45, 7) is 8.23. The van der Waals surface area contributed by atoms with Crippen LogP contribution in [0.5, 0.6) is 0 Å². The summed E-state index contributed by atoms with van der Waals surface area (Å²) in [5.41, 5.74) is 2.36. The SMILES string of the molecule is CC(=CC(=O)O)CCC=C(C)CC[C@H]1OC1(C)C. The Hall–Kier alpha value is -1.09. The lowest BCUT2D eigenvalue weighted by atomic mass is 10.0.